The summed E-state index contributed by atoms with van der Waals surface area (Å²) in [5.74, 6) is 0.819. The predicted molar refractivity (Wildman–Crippen MR) is 109 cm³/mol. The van der Waals surface area contributed by atoms with E-state index in [0.29, 0.717) is 13.1 Å². The van der Waals surface area contributed by atoms with Gasteiger partial charge < -0.3 is 15.0 Å². The van der Waals surface area contributed by atoms with Crippen molar-refractivity contribution in [2.45, 2.75) is 31.3 Å². The SMILES string of the molecule is CCNC(=O)[C@@H](C)N(Cc1ccc(OC)cc1)C(=O)CSc1ccccc1. The Labute approximate surface area is 165 Å². The van der Waals surface area contributed by atoms with Crippen LogP contribution in [-0.2, 0) is 16.1 Å². The summed E-state index contributed by atoms with van der Waals surface area (Å²) in [4.78, 5) is 27.9. The Balaban J connectivity index is 2.11. The maximum atomic E-state index is 12.9. The van der Waals surface area contributed by atoms with E-state index in [1.165, 1.54) is 11.8 Å². The Bertz CT molecular complexity index is 735. The third-order valence-corrected chi connectivity index (χ3v) is 5.13. The van der Waals surface area contributed by atoms with Crippen molar-refractivity contribution in [3.05, 3.63) is 60.2 Å². The standard InChI is InChI=1S/C21H26N2O3S/c1-4-22-21(25)16(2)23(14-17-10-12-18(26-3)13-11-17)20(24)15-27-19-8-6-5-7-9-19/h5-13,16H,4,14-15H2,1-3H3,(H,22,25)/t16-/m1/s1. The highest BCUT2D eigenvalue weighted by molar-refractivity contribution is 8.00. The van der Waals surface area contributed by atoms with Crippen LogP contribution in [0.1, 0.15) is 19.4 Å². The molecule has 2 rings (SSSR count). The predicted octanol–water partition coefficient (Wildman–Crippen LogP) is 3.34. The number of carbonyl (C=O) groups excluding carboxylic acids is 2. The summed E-state index contributed by atoms with van der Waals surface area (Å²) in [6.07, 6.45) is 0. The lowest BCUT2D eigenvalue weighted by Gasteiger charge is -2.28. The number of nitrogens with one attached hydrogen (secondary N) is 1. The molecule has 1 N–H and O–H groups in total. The van der Waals surface area contributed by atoms with E-state index in [4.69, 9.17) is 4.74 Å². The number of rotatable bonds is 9. The molecule has 1 atom stereocenters. The summed E-state index contributed by atoms with van der Waals surface area (Å²) in [6, 6.07) is 16.8. The van der Waals surface area contributed by atoms with E-state index >= 15 is 0 Å². The van der Waals surface area contributed by atoms with Crippen LogP contribution in [0.2, 0.25) is 0 Å². The smallest absolute Gasteiger partial charge is 0.242 e. The average Bonchev–Trinajstić information content (AvgIpc) is 2.71. The van der Waals surface area contributed by atoms with Gasteiger partial charge in [-0.1, -0.05) is 30.3 Å². The number of ether oxygens (including phenoxy) is 1. The number of hydrogen-bond donors (Lipinski definition) is 1. The van der Waals surface area contributed by atoms with E-state index in [1.54, 1.807) is 18.9 Å². The van der Waals surface area contributed by atoms with Gasteiger partial charge in [0.15, 0.2) is 0 Å². The lowest BCUT2D eigenvalue weighted by molar-refractivity contribution is -0.138. The van der Waals surface area contributed by atoms with Crippen molar-refractivity contribution >= 4 is 23.6 Å². The van der Waals surface area contributed by atoms with Crippen LogP contribution in [0.25, 0.3) is 0 Å². The molecule has 0 radical (unpaired) electrons. The van der Waals surface area contributed by atoms with Crippen LogP contribution in [0, 0.1) is 0 Å². The van der Waals surface area contributed by atoms with E-state index in [0.717, 1.165) is 16.2 Å². The highest BCUT2D eigenvalue weighted by Gasteiger charge is 2.25. The first-order valence-electron chi connectivity index (χ1n) is 8.93. The number of hydrogen-bond acceptors (Lipinski definition) is 4. The molecule has 0 aliphatic heterocycles. The van der Waals surface area contributed by atoms with Gasteiger partial charge >= 0.3 is 0 Å². The summed E-state index contributed by atoms with van der Waals surface area (Å²) in [7, 11) is 1.61. The molecule has 0 spiro atoms. The second-order valence-electron chi connectivity index (χ2n) is 6.04. The van der Waals surface area contributed by atoms with Gasteiger partial charge in [-0.15, -0.1) is 11.8 Å². The number of thioether (sulfide) groups is 1. The molecular formula is C21H26N2O3S. The second kappa shape index (κ2) is 10.6. The van der Waals surface area contributed by atoms with Gasteiger partial charge in [0.05, 0.1) is 12.9 Å². The van der Waals surface area contributed by atoms with E-state index in [9.17, 15) is 9.59 Å². The topological polar surface area (TPSA) is 58.6 Å². The van der Waals surface area contributed by atoms with E-state index in [1.807, 2.05) is 61.5 Å². The van der Waals surface area contributed by atoms with Gasteiger partial charge in [0.25, 0.3) is 0 Å². The molecule has 0 bridgehead atoms. The molecule has 0 fully saturated rings. The zero-order valence-corrected chi connectivity index (χ0v) is 16.8. The summed E-state index contributed by atoms with van der Waals surface area (Å²) >= 11 is 1.47. The van der Waals surface area contributed by atoms with Crippen molar-refractivity contribution < 1.29 is 14.3 Å². The van der Waals surface area contributed by atoms with Crippen molar-refractivity contribution in [2.24, 2.45) is 0 Å². The minimum atomic E-state index is -0.545. The molecular weight excluding hydrogens is 360 g/mol. The van der Waals surface area contributed by atoms with Gasteiger partial charge in [0.1, 0.15) is 11.8 Å². The summed E-state index contributed by atoms with van der Waals surface area (Å²) in [6.45, 7) is 4.54. The molecule has 0 aliphatic carbocycles. The van der Waals surface area contributed by atoms with Gasteiger partial charge in [0.2, 0.25) is 11.8 Å². The molecule has 0 aromatic heterocycles. The third kappa shape index (κ3) is 6.32. The van der Waals surface area contributed by atoms with Crippen LogP contribution >= 0.6 is 11.8 Å². The fourth-order valence-electron chi connectivity index (χ4n) is 2.58. The number of likely N-dealkylation sites (N-methyl/N-ethyl adjacent to an activating group) is 1. The largest absolute Gasteiger partial charge is 0.497 e. The Kier molecular flexibility index (Phi) is 8.20. The van der Waals surface area contributed by atoms with Crippen LogP contribution in [-0.4, -0.2) is 42.2 Å². The van der Waals surface area contributed by atoms with Crippen LogP contribution in [0.15, 0.2) is 59.5 Å². The molecule has 2 aromatic rings. The minimum absolute atomic E-state index is 0.0709. The molecule has 5 nitrogen and oxygen atoms in total. The quantitative estimate of drug-likeness (QED) is 0.672. The van der Waals surface area contributed by atoms with Gasteiger partial charge in [0, 0.05) is 18.0 Å². The van der Waals surface area contributed by atoms with Crippen molar-refractivity contribution in [1.82, 2.24) is 10.2 Å². The molecule has 0 saturated heterocycles. The molecule has 144 valence electrons. The average molecular weight is 387 g/mol. The lowest BCUT2D eigenvalue weighted by Crippen LogP contribution is -2.48. The van der Waals surface area contributed by atoms with Crippen LogP contribution in [0.5, 0.6) is 5.75 Å². The minimum Gasteiger partial charge on any atom is -0.497 e. The van der Waals surface area contributed by atoms with Crippen molar-refractivity contribution in [1.29, 1.82) is 0 Å². The molecule has 2 aromatic carbocycles. The third-order valence-electron chi connectivity index (χ3n) is 4.14. The van der Waals surface area contributed by atoms with Crippen LogP contribution in [0.4, 0.5) is 0 Å². The van der Waals surface area contributed by atoms with Crippen molar-refractivity contribution in [3.63, 3.8) is 0 Å². The molecule has 0 unspecified atom stereocenters. The summed E-state index contributed by atoms with van der Waals surface area (Å²) in [5.41, 5.74) is 0.949. The van der Waals surface area contributed by atoms with Crippen LogP contribution in [0.3, 0.4) is 0 Å². The Morgan fingerprint density at radius 2 is 1.78 bits per heavy atom. The fourth-order valence-corrected chi connectivity index (χ4v) is 3.38. The lowest BCUT2D eigenvalue weighted by atomic mass is 10.1. The van der Waals surface area contributed by atoms with Crippen molar-refractivity contribution in [2.75, 3.05) is 19.4 Å². The fraction of sp³-hybridized carbons (Fsp3) is 0.333. The van der Waals surface area contributed by atoms with Gasteiger partial charge in [-0.3, -0.25) is 9.59 Å². The summed E-state index contributed by atoms with van der Waals surface area (Å²) in [5, 5.41) is 2.80. The normalized spacial score (nSPS) is 11.5. The Morgan fingerprint density at radius 1 is 1.11 bits per heavy atom. The molecule has 2 amide bonds. The van der Waals surface area contributed by atoms with Crippen molar-refractivity contribution in [3.8, 4) is 5.75 Å². The molecule has 0 saturated carbocycles. The zero-order chi connectivity index (χ0) is 19.6. The van der Waals surface area contributed by atoms with E-state index in [2.05, 4.69) is 5.32 Å². The maximum Gasteiger partial charge on any atom is 0.242 e. The highest BCUT2D eigenvalue weighted by atomic mass is 32.2. The number of nitrogens with zero attached hydrogens (tertiary/aromatic N) is 1. The first-order valence-corrected chi connectivity index (χ1v) is 9.91. The van der Waals surface area contributed by atoms with Gasteiger partial charge in [-0.25, -0.2) is 0 Å². The first kappa shape index (κ1) is 20.8. The number of benzene rings is 2. The number of carbonyl (C=O) groups is 2. The zero-order valence-electron chi connectivity index (χ0n) is 16.0. The number of methoxy groups -OCH3 is 1. The first-order chi connectivity index (χ1) is 13.0. The molecule has 0 aliphatic rings. The summed E-state index contributed by atoms with van der Waals surface area (Å²) < 4.78 is 5.18. The van der Waals surface area contributed by atoms with Gasteiger partial charge in [-0.05, 0) is 43.7 Å². The number of amides is 2. The second-order valence-corrected chi connectivity index (χ2v) is 7.09. The molecule has 6 heteroatoms. The highest BCUT2D eigenvalue weighted by Crippen LogP contribution is 2.20. The van der Waals surface area contributed by atoms with E-state index < -0.39 is 6.04 Å². The van der Waals surface area contributed by atoms with Gasteiger partial charge in [-0.2, -0.15) is 0 Å². The van der Waals surface area contributed by atoms with E-state index in [-0.39, 0.29) is 17.6 Å². The molecule has 0 heterocycles. The monoisotopic (exact) mass is 386 g/mol. The Hall–Kier alpha value is -2.47. The maximum absolute atomic E-state index is 12.9. The van der Waals surface area contributed by atoms with Crippen LogP contribution < -0.4 is 10.1 Å². The Morgan fingerprint density at radius 3 is 2.37 bits per heavy atom. The molecule has 27 heavy (non-hydrogen) atoms.